The number of aliphatic hydroxyl groups excluding tert-OH is 1. The fraction of sp³-hybridized carbons (Fsp3) is 0.357. The molecule has 1 aromatic heterocycles. The normalized spacial score (nSPS) is 11.6. The molecular weight excluding hydrogens is 290 g/mol. The Morgan fingerprint density at radius 3 is 2.62 bits per heavy atom. The van der Waals surface area contributed by atoms with Gasteiger partial charge in [0.15, 0.2) is 0 Å². The maximum atomic E-state index is 12.5. The number of aryl methyl sites for hydroxylation is 2. The molecule has 0 aliphatic heterocycles. The Balaban J connectivity index is 2.41. The van der Waals surface area contributed by atoms with Gasteiger partial charge in [-0.1, -0.05) is 6.07 Å². The number of aliphatic hydroxyl groups is 1. The number of sulfonamides is 1. The van der Waals surface area contributed by atoms with Gasteiger partial charge in [-0.2, -0.15) is 5.10 Å². The third-order valence-corrected chi connectivity index (χ3v) is 4.87. The molecule has 0 bridgehead atoms. The van der Waals surface area contributed by atoms with Gasteiger partial charge in [0.25, 0.3) is 10.0 Å². The van der Waals surface area contributed by atoms with Crippen molar-refractivity contribution < 1.29 is 13.5 Å². The van der Waals surface area contributed by atoms with E-state index in [1.54, 1.807) is 23.9 Å². The topological polar surface area (TPSA) is 84.2 Å². The van der Waals surface area contributed by atoms with E-state index in [1.807, 2.05) is 13.8 Å². The number of anilines is 1. The SMILES string of the molecule is CCn1cc(NS(=O)(=O)c2cc(CO)cc(C)c2C)cn1. The summed E-state index contributed by atoms with van der Waals surface area (Å²) in [5.41, 5.74) is 2.49. The largest absolute Gasteiger partial charge is 0.392 e. The molecule has 2 aromatic rings. The van der Waals surface area contributed by atoms with Crippen LogP contribution in [0.2, 0.25) is 0 Å². The number of hydrogen-bond donors (Lipinski definition) is 2. The Morgan fingerprint density at radius 2 is 2.05 bits per heavy atom. The highest BCUT2D eigenvalue weighted by Crippen LogP contribution is 2.23. The van der Waals surface area contributed by atoms with Crippen LogP contribution in [-0.2, 0) is 23.2 Å². The third kappa shape index (κ3) is 3.25. The highest BCUT2D eigenvalue weighted by molar-refractivity contribution is 7.92. The first-order valence-corrected chi connectivity index (χ1v) is 8.12. The molecule has 114 valence electrons. The Hall–Kier alpha value is -1.86. The zero-order valence-electron chi connectivity index (χ0n) is 12.3. The van der Waals surface area contributed by atoms with E-state index in [2.05, 4.69) is 9.82 Å². The highest BCUT2D eigenvalue weighted by atomic mass is 32.2. The van der Waals surface area contributed by atoms with Crippen LogP contribution in [0.25, 0.3) is 0 Å². The van der Waals surface area contributed by atoms with Gasteiger partial charge in [-0.25, -0.2) is 8.42 Å². The van der Waals surface area contributed by atoms with Crippen molar-refractivity contribution in [3.63, 3.8) is 0 Å². The lowest BCUT2D eigenvalue weighted by Gasteiger charge is -2.12. The number of rotatable bonds is 5. The first-order valence-electron chi connectivity index (χ1n) is 6.63. The molecule has 0 aliphatic carbocycles. The number of nitrogens with zero attached hydrogens (tertiary/aromatic N) is 2. The molecule has 7 heteroatoms. The van der Waals surface area contributed by atoms with Gasteiger partial charge in [-0.3, -0.25) is 9.40 Å². The molecule has 0 fully saturated rings. The minimum absolute atomic E-state index is 0.177. The summed E-state index contributed by atoms with van der Waals surface area (Å²) >= 11 is 0. The summed E-state index contributed by atoms with van der Waals surface area (Å²) in [6.45, 7) is 5.96. The molecule has 0 aliphatic rings. The van der Waals surface area contributed by atoms with E-state index in [-0.39, 0.29) is 11.5 Å². The van der Waals surface area contributed by atoms with Gasteiger partial charge in [0.1, 0.15) is 0 Å². The lowest BCUT2D eigenvalue weighted by atomic mass is 10.1. The van der Waals surface area contributed by atoms with Gasteiger partial charge in [0.2, 0.25) is 0 Å². The van der Waals surface area contributed by atoms with Crippen LogP contribution in [-0.4, -0.2) is 23.3 Å². The van der Waals surface area contributed by atoms with E-state index in [4.69, 9.17) is 0 Å². The molecule has 1 aromatic carbocycles. The summed E-state index contributed by atoms with van der Waals surface area (Å²) in [5.74, 6) is 0. The third-order valence-electron chi connectivity index (χ3n) is 3.36. The molecule has 0 unspecified atom stereocenters. The summed E-state index contributed by atoms with van der Waals surface area (Å²) in [4.78, 5) is 0.177. The highest BCUT2D eigenvalue weighted by Gasteiger charge is 2.19. The van der Waals surface area contributed by atoms with Crippen molar-refractivity contribution in [1.29, 1.82) is 0 Å². The Bertz CT molecular complexity index is 751. The predicted molar refractivity (Wildman–Crippen MR) is 80.5 cm³/mol. The van der Waals surface area contributed by atoms with Crippen molar-refractivity contribution in [2.75, 3.05) is 4.72 Å². The van der Waals surface area contributed by atoms with Crippen LogP contribution < -0.4 is 4.72 Å². The van der Waals surface area contributed by atoms with Crippen LogP contribution in [0.15, 0.2) is 29.4 Å². The van der Waals surface area contributed by atoms with Crippen molar-refractivity contribution >= 4 is 15.7 Å². The summed E-state index contributed by atoms with van der Waals surface area (Å²) in [6, 6.07) is 3.28. The fourth-order valence-electron chi connectivity index (χ4n) is 2.07. The quantitative estimate of drug-likeness (QED) is 0.882. The molecule has 1 heterocycles. The van der Waals surface area contributed by atoms with Gasteiger partial charge in [0, 0.05) is 12.7 Å². The fourth-order valence-corrected chi connectivity index (χ4v) is 3.47. The second kappa shape index (κ2) is 5.87. The van der Waals surface area contributed by atoms with Gasteiger partial charge >= 0.3 is 0 Å². The molecule has 0 amide bonds. The molecule has 0 saturated carbocycles. The number of hydrogen-bond acceptors (Lipinski definition) is 4. The van der Waals surface area contributed by atoms with E-state index in [0.717, 1.165) is 5.56 Å². The van der Waals surface area contributed by atoms with Crippen molar-refractivity contribution in [2.24, 2.45) is 0 Å². The lowest BCUT2D eigenvalue weighted by Crippen LogP contribution is -2.15. The Morgan fingerprint density at radius 1 is 1.33 bits per heavy atom. The van der Waals surface area contributed by atoms with Crippen LogP contribution in [0.3, 0.4) is 0 Å². The van der Waals surface area contributed by atoms with E-state index in [0.29, 0.717) is 23.4 Å². The van der Waals surface area contributed by atoms with Crippen LogP contribution in [0.4, 0.5) is 5.69 Å². The van der Waals surface area contributed by atoms with E-state index in [9.17, 15) is 13.5 Å². The van der Waals surface area contributed by atoms with Crippen LogP contribution >= 0.6 is 0 Å². The first-order chi connectivity index (χ1) is 9.87. The maximum absolute atomic E-state index is 12.5. The molecule has 0 atom stereocenters. The van der Waals surface area contributed by atoms with Gasteiger partial charge < -0.3 is 5.11 Å². The molecule has 6 nitrogen and oxygen atoms in total. The standard InChI is InChI=1S/C14H19N3O3S/c1-4-17-8-13(7-15-17)16-21(19,20)14-6-12(9-18)5-10(2)11(14)3/h5-8,16,18H,4,9H2,1-3H3. The number of benzene rings is 1. The number of nitrogens with one attached hydrogen (secondary N) is 1. The van der Waals surface area contributed by atoms with E-state index in [1.165, 1.54) is 12.3 Å². The van der Waals surface area contributed by atoms with Crippen LogP contribution in [0.5, 0.6) is 0 Å². The minimum Gasteiger partial charge on any atom is -0.392 e. The van der Waals surface area contributed by atoms with Crippen LogP contribution in [0, 0.1) is 13.8 Å². The first kappa shape index (κ1) is 15.5. The maximum Gasteiger partial charge on any atom is 0.262 e. The van der Waals surface area contributed by atoms with Gasteiger partial charge in [-0.15, -0.1) is 0 Å². The second-order valence-corrected chi connectivity index (χ2v) is 6.53. The van der Waals surface area contributed by atoms with Crippen molar-refractivity contribution in [3.05, 3.63) is 41.2 Å². The molecule has 2 N–H and O–H groups in total. The summed E-state index contributed by atoms with van der Waals surface area (Å²) < 4.78 is 29.2. The van der Waals surface area contributed by atoms with Crippen molar-refractivity contribution in [3.8, 4) is 0 Å². The van der Waals surface area contributed by atoms with Crippen LogP contribution in [0.1, 0.15) is 23.6 Å². The molecule has 2 rings (SSSR count). The average molecular weight is 309 g/mol. The summed E-state index contributed by atoms with van der Waals surface area (Å²) in [5, 5.41) is 13.3. The molecular formula is C14H19N3O3S. The molecule has 0 radical (unpaired) electrons. The zero-order valence-corrected chi connectivity index (χ0v) is 13.1. The average Bonchev–Trinajstić information content (AvgIpc) is 2.88. The van der Waals surface area contributed by atoms with Gasteiger partial charge in [-0.05, 0) is 43.5 Å². The molecule has 0 spiro atoms. The molecule has 21 heavy (non-hydrogen) atoms. The number of aromatic nitrogens is 2. The lowest BCUT2D eigenvalue weighted by molar-refractivity contribution is 0.281. The monoisotopic (exact) mass is 309 g/mol. The molecule has 0 saturated heterocycles. The predicted octanol–water partition coefficient (Wildman–Crippen LogP) is 1.81. The van der Waals surface area contributed by atoms with E-state index < -0.39 is 10.0 Å². The van der Waals surface area contributed by atoms with Gasteiger partial charge in [0.05, 0.1) is 23.4 Å². The Labute approximate surface area is 124 Å². The van der Waals surface area contributed by atoms with E-state index >= 15 is 0 Å². The second-order valence-electron chi connectivity index (χ2n) is 4.88. The summed E-state index contributed by atoms with van der Waals surface area (Å²) in [7, 11) is -3.71. The van der Waals surface area contributed by atoms with Crippen molar-refractivity contribution in [1.82, 2.24) is 9.78 Å². The zero-order chi connectivity index (χ0) is 15.6. The minimum atomic E-state index is -3.71. The summed E-state index contributed by atoms with van der Waals surface area (Å²) in [6.07, 6.45) is 3.11. The Kier molecular flexibility index (Phi) is 4.34. The van der Waals surface area contributed by atoms with Crippen molar-refractivity contribution in [2.45, 2.75) is 38.8 Å². The smallest absolute Gasteiger partial charge is 0.262 e.